The SMILES string of the molecule is CC1CC(O)C2C(C1)C(=[N+]=[N-])C(=O)C1C2C(=O)C2CCCC(O)C21. The number of ketones is 2. The van der Waals surface area contributed by atoms with E-state index in [1.54, 1.807) is 0 Å². The van der Waals surface area contributed by atoms with Gasteiger partial charge in [-0.2, -0.15) is 4.79 Å². The fraction of sp³-hybridized carbons (Fsp3) is 0.833. The lowest BCUT2D eigenvalue weighted by molar-refractivity contribution is -0.141. The van der Waals surface area contributed by atoms with Crippen LogP contribution in [0.25, 0.3) is 5.53 Å². The number of carbonyl (C=O) groups is 2. The van der Waals surface area contributed by atoms with Crippen LogP contribution in [0.1, 0.15) is 39.0 Å². The van der Waals surface area contributed by atoms with Crippen LogP contribution < -0.4 is 0 Å². The average molecular weight is 332 g/mol. The molecule has 0 amide bonds. The topological polar surface area (TPSA) is 111 Å². The highest BCUT2D eigenvalue weighted by Gasteiger charge is 2.67. The molecule has 6 nitrogen and oxygen atoms in total. The minimum atomic E-state index is -0.669. The third kappa shape index (κ3) is 2.03. The first-order chi connectivity index (χ1) is 11.5. The minimum absolute atomic E-state index is 0.0395. The smallest absolute Gasteiger partial charge is 0.338 e. The van der Waals surface area contributed by atoms with E-state index >= 15 is 0 Å². The molecule has 24 heavy (non-hydrogen) atoms. The highest BCUT2D eigenvalue weighted by Crippen LogP contribution is 2.56. The van der Waals surface area contributed by atoms with Gasteiger partial charge in [-0.15, -0.1) is 0 Å². The summed E-state index contributed by atoms with van der Waals surface area (Å²) in [7, 11) is 0. The van der Waals surface area contributed by atoms with Gasteiger partial charge in [-0.25, -0.2) is 0 Å². The van der Waals surface area contributed by atoms with Gasteiger partial charge in [-0.3, -0.25) is 9.59 Å². The fourth-order valence-electron chi connectivity index (χ4n) is 6.24. The van der Waals surface area contributed by atoms with Crippen molar-refractivity contribution in [2.75, 3.05) is 0 Å². The number of aliphatic hydroxyl groups is 2. The predicted molar refractivity (Wildman–Crippen MR) is 83.8 cm³/mol. The Morgan fingerprint density at radius 1 is 1.00 bits per heavy atom. The van der Waals surface area contributed by atoms with Crippen molar-refractivity contribution < 1.29 is 24.6 Å². The lowest BCUT2D eigenvalue weighted by atomic mass is 9.57. The van der Waals surface area contributed by atoms with Gasteiger partial charge in [0, 0.05) is 29.6 Å². The zero-order valence-electron chi connectivity index (χ0n) is 13.8. The largest absolute Gasteiger partial charge is 0.393 e. The Morgan fingerprint density at radius 3 is 2.42 bits per heavy atom. The Morgan fingerprint density at radius 2 is 1.71 bits per heavy atom. The number of hydrogen-bond donors (Lipinski definition) is 2. The summed E-state index contributed by atoms with van der Waals surface area (Å²) in [5.74, 6) is -2.59. The highest BCUT2D eigenvalue weighted by molar-refractivity contribution is 6.40. The maximum Gasteiger partial charge on any atom is 0.338 e. The van der Waals surface area contributed by atoms with Gasteiger partial charge in [-0.05, 0) is 31.6 Å². The lowest BCUT2D eigenvalue weighted by Crippen LogP contribution is -2.56. The van der Waals surface area contributed by atoms with Crippen molar-refractivity contribution in [1.82, 2.24) is 0 Å². The third-order valence-corrected chi connectivity index (χ3v) is 7.06. The number of carbonyl (C=O) groups excluding carboxylic acids is 2. The minimum Gasteiger partial charge on any atom is -0.393 e. The van der Waals surface area contributed by atoms with Crippen LogP contribution in [0.15, 0.2) is 0 Å². The van der Waals surface area contributed by atoms with Crippen LogP contribution in [-0.2, 0) is 9.59 Å². The summed E-state index contributed by atoms with van der Waals surface area (Å²) in [5.41, 5.74) is 9.57. The van der Waals surface area contributed by atoms with E-state index in [1.807, 2.05) is 6.92 Å². The summed E-state index contributed by atoms with van der Waals surface area (Å²) in [6.07, 6.45) is 2.01. The molecular weight excluding hydrogens is 308 g/mol. The van der Waals surface area contributed by atoms with E-state index in [0.717, 1.165) is 6.42 Å². The third-order valence-electron chi connectivity index (χ3n) is 7.06. The van der Waals surface area contributed by atoms with Crippen molar-refractivity contribution in [3.8, 4) is 0 Å². The summed E-state index contributed by atoms with van der Waals surface area (Å²) in [5, 5.41) is 21.1. The molecule has 0 aromatic heterocycles. The Kier molecular flexibility index (Phi) is 3.75. The van der Waals surface area contributed by atoms with Gasteiger partial charge in [0.15, 0.2) is 0 Å². The van der Waals surface area contributed by atoms with Gasteiger partial charge in [0.2, 0.25) is 5.78 Å². The van der Waals surface area contributed by atoms with Crippen LogP contribution in [0.2, 0.25) is 0 Å². The molecule has 0 saturated heterocycles. The summed E-state index contributed by atoms with van der Waals surface area (Å²) < 4.78 is 0. The molecule has 4 saturated carbocycles. The molecule has 4 aliphatic rings. The van der Waals surface area contributed by atoms with Crippen molar-refractivity contribution >= 4 is 17.3 Å². The van der Waals surface area contributed by atoms with Crippen LogP contribution in [0.3, 0.4) is 0 Å². The molecule has 0 bridgehead atoms. The molecule has 9 unspecified atom stereocenters. The lowest BCUT2D eigenvalue weighted by Gasteiger charge is -2.44. The van der Waals surface area contributed by atoms with Gasteiger partial charge in [0.05, 0.1) is 18.1 Å². The van der Waals surface area contributed by atoms with Crippen LogP contribution >= 0.6 is 0 Å². The Labute approximate surface area is 140 Å². The second-order valence-corrected chi connectivity index (χ2v) is 8.31. The number of hydrogen-bond acceptors (Lipinski definition) is 4. The monoisotopic (exact) mass is 332 g/mol. The summed E-state index contributed by atoms with van der Waals surface area (Å²) in [6.45, 7) is 2.00. The molecule has 0 aliphatic heterocycles. The van der Waals surface area contributed by atoms with E-state index in [-0.39, 0.29) is 46.9 Å². The first kappa shape index (κ1) is 16.1. The second kappa shape index (κ2) is 5.58. The number of Topliss-reactive ketones (excluding diaryl/α,β-unsaturated/α-hetero) is 2. The van der Waals surface area contributed by atoms with E-state index < -0.39 is 24.0 Å². The van der Waals surface area contributed by atoms with Crippen molar-refractivity contribution in [3.05, 3.63) is 5.53 Å². The maximum atomic E-state index is 13.1. The fourth-order valence-corrected chi connectivity index (χ4v) is 6.24. The number of fused-ring (bicyclic) bond motifs is 5. The summed E-state index contributed by atoms with van der Waals surface area (Å²) in [4.78, 5) is 29.4. The molecule has 4 rings (SSSR count). The zero-order chi connectivity index (χ0) is 17.2. The molecule has 2 N–H and O–H groups in total. The molecule has 4 aliphatic carbocycles. The standard InChI is InChI=1S/C18H24N2O4/c1-7-5-9-13(11(22)6-7)14-15(18(24)16(9)20-19)12-8(17(14)23)3-2-4-10(12)21/h7-15,21-22H,2-6H2,1H3. The van der Waals surface area contributed by atoms with Crippen LogP contribution in [0.5, 0.6) is 0 Å². The Balaban J connectivity index is 1.82. The van der Waals surface area contributed by atoms with Crippen molar-refractivity contribution in [1.29, 1.82) is 0 Å². The van der Waals surface area contributed by atoms with E-state index in [0.29, 0.717) is 25.7 Å². The molecule has 6 heteroatoms. The van der Waals surface area contributed by atoms with Gasteiger partial charge >= 0.3 is 5.71 Å². The van der Waals surface area contributed by atoms with Gasteiger partial charge in [0.1, 0.15) is 5.78 Å². The molecule has 0 aromatic rings. The van der Waals surface area contributed by atoms with Crippen molar-refractivity contribution in [3.63, 3.8) is 0 Å². The molecule has 0 heterocycles. The molecule has 9 atom stereocenters. The molecule has 130 valence electrons. The highest BCUT2D eigenvalue weighted by atomic mass is 16.3. The first-order valence-electron chi connectivity index (χ1n) is 9.11. The molecule has 4 fully saturated rings. The zero-order valence-corrected chi connectivity index (χ0v) is 13.8. The first-order valence-corrected chi connectivity index (χ1v) is 9.11. The maximum absolute atomic E-state index is 13.1. The Bertz CT molecular complexity index is 641. The number of rotatable bonds is 0. The van der Waals surface area contributed by atoms with Crippen LogP contribution in [-0.4, -0.2) is 44.5 Å². The quantitative estimate of drug-likeness (QED) is 0.506. The predicted octanol–water partition coefficient (Wildman–Crippen LogP) is 0.855. The summed E-state index contributed by atoms with van der Waals surface area (Å²) in [6, 6.07) is 0. The van der Waals surface area contributed by atoms with Crippen molar-refractivity contribution in [2.45, 2.75) is 51.2 Å². The van der Waals surface area contributed by atoms with Gasteiger partial charge in [0.25, 0.3) is 0 Å². The molecule has 0 aromatic carbocycles. The molecule has 0 spiro atoms. The van der Waals surface area contributed by atoms with Gasteiger partial charge < -0.3 is 15.7 Å². The van der Waals surface area contributed by atoms with Gasteiger partial charge in [-0.1, -0.05) is 13.3 Å². The van der Waals surface area contributed by atoms with Crippen molar-refractivity contribution in [2.24, 2.45) is 41.4 Å². The number of nitrogens with zero attached hydrogens (tertiary/aromatic N) is 2. The van der Waals surface area contributed by atoms with E-state index in [1.165, 1.54) is 0 Å². The van der Waals surface area contributed by atoms with Crippen LogP contribution in [0.4, 0.5) is 0 Å². The van der Waals surface area contributed by atoms with E-state index in [9.17, 15) is 25.3 Å². The normalized spacial score (nSPS) is 50.8. The summed E-state index contributed by atoms with van der Waals surface area (Å²) >= 11 is 0. The van der Waals surface area contributed by atoms with E-state index in [4.69, 9.17) is 0 Å². The van der Waals surface area contributed by atoms with E-state index in [2.05, 4.69) is 4.79 Å². The molecular formula is C18H24N2O4. The van der Waals surface area contributed by atoms with Crippen LogP contribution in [0, 0.1) is 41.4 Å². The second-order valence-electron chi connectivity index (χ2n) is 8.31. The Hall–Kier alpha value is -1.36. The molecule has 0 radical (unpaired) electrons. The number of aliphatic hydroxyl groups excluding tert-OH is 2. The average Bonchev–Trinajstić information content (AvgIpc) is 2.82.